The minimum atomic E-state index is -4.98. The van der Waals surface area contributed by atoms with Crippen LogP contribution in [0.4, 0.5) is 0 Å². The van der Waals surface area contributed by atoms with Gasteiger partial charge in [0.2, 0.25) is 0 Å². The monoisotopic (exact) mass is 389 g/mol. The van der Waals surface area contributed by atoms with Crippen molar-refractivity contribution in [1.29, 1.82) is 0 Å². The Kier molecular flexibility index (Phi) is 9.61. The Morgan fingerprint density at radius 2 is 1.48 bits per heavy atom. The SMILES string of the molecule is CCO[C@@H]1[C@@H](OS(=O)(=O)O)[C@@H](OS(=O)(=O)O)[C@H](OC)O[C@H]1C.[Na+]. The second-order valence-electron chi connectivity index (χ2n) is 4.34. The standard InChI is InChI=1S/C9H18O11S2.Na/c1-4-17-6-5(2)18-9(16-3)8(20-22(13,14)15)7(6)19-21(10,11)12;/h5-9H,4H2,1-3H3,(H,10,11,12)(H,13,14,15);/q;+1/t5-,6-,7+,8+,9+;/m0./s1. The molecule has 0 saturated carbocycles. The van der Waals surface area contributed by atoms with Gasteiger partial charge in [-0.2, -0.15) is 16.8 Å². The molecule has 0 aromatic heterocycles. The predicted octanol–water partition coefficient (Wildman–Crippen LogP) is -3.84. The van der Waals surface area contributed by atoms with E-state index in [1.54, 1.807) is 6.92 Å². The van der Waals surface area contributed by atoms with Gasteiger partial charge in [0.15, 0.2) is 12.4 Å². The minimum absolute atomic E-state index is 0. The summed E-state index contributed by atoms with van der Waals surface area (Å²) in [6.07, 6.45) is -6.64. The first-order chi connectivity index (χ1) is 9.98. The third-order valence-electron chi connectivity index (χ3n) is 2.78. The summed E-state index contributed by atoms with van der Waals surface area (Å²) in [6.45, 7) is 3.20. The topological polar surface area (TPSA) is 155 Å². The van der Waals surface area contributed by atoms with E-state index >= 15 is 0 Å². The van der Waals surface area contributed by atoms with Crippen molar-refractivity contribution >= 4 is 20.8 Å². The fraction of sp³-hybridized carbons (Fsp3) is 1.00. The van der Waals surface area contributed by atoms with Gasteiger partial charge < -0.3 is 14.2 Å². The van der Waals surface area contributed by atoms with Gasteiger partial charge in [-0.3, -0.25) is 9.11 Å². The molecule has 1 heterocycles. The summed E-state index contributed by atoms with van der Waals surface area (Å²) in [5.74, 6) is 0. The maximum absolute atomic E-state index is 11.0. The van der Waals surface area contributed by atoms with Crippen molar-refractivity contribution in [2.24, 2.45) is 0 Å². The molecule has 132 valence electrons. The average molecular weight is 389 g/mol. The van der Waals surface area contributed by atoms with Gasteiger partial charge in [-0.15, -0.1) is 0 Å². The fourth-order valence-electron chi connectivity index (χ4n) is 2.08. The van der Waals surface area contributed by atoms with Crippen molar-refractivity contribution < 1.29 is 78.1 Å². The molecular formula is C9H18NaO11S2+. The van der Waals surface area contributed by atoms with E-state index in [1.165, 1.54) is 6.92 Å². The summed E-state index contributed by atoms with van der Waals surface area (Å²) in [4.78, 5) is 0. The van der Waals surface area contributed by atoms with Gasteiger partial charge in [0.25, 0.3) is 0 Å². The van der Waals surface area contributed by atoms with Crippen molar-refractivity contribution in [3.63, 3.8) is 0 Å². The zero-order valence-corrected chi connectivity index (χ0v) is 16.6. The molecule has 0 aromatic carbocycles. The third kappa shape index (κ3) is 7.58. The van der Waals surface area contributed by atoms with Crippen LogP contribution >= 0.6 is 0 Å². The quantitative estimate of drug-likeness (QED) is 0.325. The van der Waals surface area contributed by atoms with Gasteiger partial charge in [0, 0.05) is 13.7 Å². The Balaban J connectivity index is 0.00000484. The summed E-state index contributed by atoms with van der Waals surface area (Å²) in [6, 6.07) is 0. The Hall–Kier alpha value is 0.620. The van der Waals surface area contributed by atoms with Crippen LogP contribution in [0.25, 0.3) is 0 Å². The Morgan fingerprint density at radius 3 is 1.87 bits per heavy atom. The number of methoxy groups -OCH3 is 1. The molecule has 0 aliphatic carbocycles. The van der Waals surface area contributed by atoms with Crippen molar-refractivity contribution in [2.75, 3.05) is 13.7 Å². The van der Waals surface area contributed by atoms with Crippen molar-refractivity contribution in [1.82, 2.24) is 0 Å². The van der Waals surface area contributed by atoms with Gasteiger partial charge in [-0.05, 0) is 13.8 Å². The largest absolute Gasteiger partial charge is 1.00 e. The number of rotatable bonds is 7. The fourth-order valence-corrected chi connectivity index (χ4v) is 3.06. The molecule has 0 radical (unpaired) electrons. The van der Waals surface area contributed by atoms with E-state index in [-0.39, 0.29) is 36.2 Å². The Morgan fingerprint density at radius 1 is 1.00 bits per heavy atom. The van der Waals surface area contributed by atoms with Crippen LogP contribution in [-0.4, -0.2) is 70.4 Å². The van der Waals surface area contributed by atoms with E-state index in [0.29, 0.717) is 0 Å². The molecule has 0 bridgehead atoms. The molecule has 1 fully saturated rings. The summed E-state index contributed by atoms with van der Waals surface area (Å²) >= 11 is 0. The molecule has 14 heteroatoms. The number of ether oxygens (including phenoxy) is 3. The molecule has 0 spiro atoms. The minimum Gasteiger partial charge on any atom is -0.373 e. The van der Waals surface area contributed by atoms with Gasteiger partial charge in [-0.1, -0.05) is 0 Å². The van der Waals surface area contributed by atoms with E-state index < -0.39 is 51.5 Å². The van der Waals surface area contributed by atoms with Crippen molar-refractivity contribution in [2.45, 2.75) is 44.6 Å². The van der Waals surface area contributed by atoms with Crippen LogP contribution in [0.2, 0.25) is 0 Å². The van der Waals surface area contributed by atoms with Crippen LogP contribution < -0.4 is 29.6 Å². The van der Waals surface area contributed by atoms with Crippen LogP contribution in [0, 0.1) is 0 Å². The van der Waals surface area contributed by atoms with Gasteiger partial charge in [0.05, 0.1) is 6.10 Å². The predicted molar refractivity (Wildman–Crippen MR) is 69.6 cm³/mol. The summed E-state index contributed by atoms with van der Waals surface area (Å²) in [5, 5.41) is 0. The molecule has 5 atom stereocenters. The normalized spacial score (nSPS) is 32.3. The first-order valence-electron chi connectivity index (χ1n) is 6.09. The van der Waals surface area contributed by atoms with Crippen molar-refractivity contribution in [3.05, 3.63) is 0 Å². The summed E-state index contributed by atoms with van der Waals surface area (Å²) in [7, 11) is -8.81. The molecule has 1 aliphatic heterocycles. The first kappa shape index (κ1) is 23.6. The average Bonchev–Trinajstić information content (AvgIpc) is 2.33. The smallest absolute Gasteiger partial charge is 0.373 e. The summed E-state index contributed by atoms with van der Waals surface area (Å²) < 4.78 is 85.7. The van der Waals surface area contributed by atoms with Crippen LogP contribution in [0.3, 0.4) is 0 Å². The molecule has 0 amide bonds. The van der Waals surface area contributed by atoms with Crippen LogP contribution in [-0.2, 0) is 43.4 Å². The molecule has 1 saturated heterocycles. The number of hydrogen-bond acceptors (Lipinski definition) is 9. The van der Waals surface area contributed by atoms with Crippen LogP contribution in [0.5, 0.6) is 0 Å². The molecule has 23 heavy (non-hydrogen) atoms. The number of hydrogen-bond donors (Lipinski definition) is 2. The second kappa shape index (κ2) is 9.35. The van der Waals surface area contributed by atoms with Gasteiger partial charge in [0.1, 0.15) is 12.2 Å². The zero-order valence-electron chi connectivity index (χ0n) is 13.0. The van der Waals surface area contributed by atoms with Gasteiger partial charge >= 0.3 is 50.4 Å². The molecule has 1 rings (SSSR count). The Bertz CT molecular complexity index is 562. The van der Waals surface area contributed by atoms with E-state index in [1.807, 2.05) is 0 Å². The molecule has 2 N–H and O–H groups in total. The molecular weight excluding hydrogens is 371 g/mol. The third-order valence-corrected chi connectivity index (χ3v) is 3.71. The molecule has 11 nitrogen and oxygen atoms in total. The second-order valence-corrected chi connectivity index (χ2v) is 6.44. The first-order valence-corrected chi connectivity index (χ1v) is 8.82. The summed E-state index contributed by atoms with van der Waals surface area (Å²) in [5.41, 5.74) is 0. The Labute approximate surface area is 156 Å². The van der Waals surface area contributed by atoms with E-state index in [2.05, 4.69) is 8.37 Å². The van der Waals surface area contributed by atoms with Crippen LogP contribution in [0.15, 0.2) is 0 Å². The maximum atomic E-state index is 11.0. The van der Waals surface area contributed by atoms with E-state index in [0.717, 1.165) is 7.11 Å². The molecule has 0 aromatic rings. The van der Waals surface area contributed by atoms with E-state index in [4.69, 9.17) is 23.3 Å². The molecule has 0 unspecified atom stereocenters. The zero-order chi connectivity index (χ0) is 17.1. The maximum Gasteiger partial charge on any atom is 1.00 e. The van der Waals surface area contributed by atoms with Crippen LogP contribution in [0.1, 0.15) is 13.8 Å². The van der Waals surface area contributed by atoms with Crippen molar-refractivity contribution in [3.8, 4) is 0 Å². The van der Waals surface area contributed by atoms with E-state index in [9.17, 15) is 16.8 Å². The van der Waals surface area contributed by atoms with Gasteiger partial charge in [-0.25, -0.2) is 8.37 Å². The molecule has 1 aliphatic rings.